The average Bonchev–Trinajstić information content (AvgIpc) is 2.56. The number of rotatable bonds is 3. The third kappa shape index (κ3) is 2.54. The molecule has 3 atom stereocenters. The van der Waals surface area contributed by atoms with Gasteiger partial charge in [0.1, 0.15) is 0 Å². The molecule has 1 heterocycles. The second-order valence-corrected chi connectivity index (χ2v) is 9.96. The summed E-state index contributed by atoms with van der Waals surface area (Å²) < 4.78 is 1.58. The Morgan fingerprint density at radius 1 is 1.53 bits per heavy atom. The molecule has 0 bridgehead atoms. The number of allylic oxidation sites excluding steroid dienone is 4. The van der Waals surface area contributed by atoms with Gasteiger partial charge in [-0.2, -0.15) is 0 Å². The van der Waals surface area contributed by atoms with Crippen LogP contribution in [0.1, 0.15) is 46.5 Å². The van der Waals surface area contributed by atoms with Gasteiger partial charge in [-0.05, 0) is 0 Å². The molecule has 2 rings (SSSR count). The third-order valence-electron chi connectivity index (χ3n) is 4.42. The summed E-state index contributed by atoms with van der Waals surface area (Å²) in [6, 6.07) is 0. The van der Waals surface area contributed by atoms with Crippen molar-refractivity contribution in [1.29, 1.82) is 0 Å². The van der Waals surface area contributed by atoms with Crippen LogP contribution in [0.25, 0.3) is 0 Å². The number of carbonyl (C=O) groups excluding carboxylic acids is 1. The van der Waals surface area contributed by atoms with Crippen molar-refractivity contribution in [3.05, 3.63) is 21.3 Å². The molecule has 0 aromatic heterocycles. The molecule has 0 spiro atoms. The van der Waals surface area contributed by atoms with Crippen molar-refractivity contribution >= 4 is 27.2 Å². The van der Waals surface area contributed by atoms with Gasteiger partial charge in [0.2, 0.25) is 0 Å². The third-order valence-corrected chi connectivity index (χ3v) is 9.05. The minimum absolute atomic E-state index is 0.0194. The molecule has 2 unspecified atom stereocenters. The van der Waals surface area contributed by atoms with E-state index in [1.54, 1.807) is 3.62 Å². The summed E-state index contributed by atoms with van der Waals surface area (Å²) in [6.07, 6.45) is 10.9. The first-order chi connectivity index (χ1) is 8.09. The van der Waals surface area contributed by atoms with Gasteiger partial charge >= 0.3 is 115 Å². The molecule has 2 aliphatic rings. The van der Waals surface area contributed by atoms with Gasteiger partial charge in [-0.1, -0.05) is 0 Å². The van der Waals surface area contributed by atoms with Gasteiger partial charge < -0.3 is 0 Å². The number of aldehydes is 1. The second-order valence-electron chi connectivity index (χ2n) is 5.46. The SMILES string of the molecule is CC1=C(C)[C@H](C)C(C=O)(CC2C=CCCC2)[Te]1. The van der Waals surface area contributed by atoms with E-state index in [0.717, 1.165) is 6.42 Å². The van der Waals surface area contributed by atoms with E-state index in [9.17, 15) is 4.79 Å². The minimum atomic E-state index is -0.300. The van der Waals surface area contributed by atoms with Crippen LogP contribution in [0, 0.1) is 11.8 Å². The molecule has 2 heteroatoms. The van der Waals surface area contributed by atoms with Gasteiger partial charge in [0.15, 0.2) is 0 Å². The van der Waals surface area contributed by atoms with Crippen molar-refractivity contribution in [2.75, 3.05) is 0 Å². The zero-order valence-corrected chi connectivity index (χ0v) is 13.4. The molecule has 0 saturated heterocycles. The van der Waals surface area contributed by atoms with Crippen LogP contribution in [-0.2, 0) is 4.79 Å². The maximum atomic E-state index is 11.7. The van der Waals surface area contributed by atoms with Gasteiger partial charge in [-0.3, -0.25) is 0 Å². The molecule has 1 nitrogen and oxygen atoms in total. The summed E-state index contributed by atoms with van der Waals surface area (Å²) in [4.78, 5) is 11.7. The van der Waals surface area contributed by atoms with Crippen LogP contribution < -0.4 is 0 Å². The number of hydrogen-bond donors (Lipinski definition) is 0. The zero-order valence-electron chi connectivity index (χ0n) is 11.0. The molecule has 0 saturated carbocycles. The first-order valence-electron chi connectivity index (χ1n) is 6.58. The molecule has 1 aliphatic heterocycles. The second kappa shape index (κ2) is 5.29. The monoisotopic (exact) mass is 348 g/mol. The van der Waals surface area contributed by atoms with Crippen molar-refractivity contribution in [3.8, 4) is 0 Å². The normalized spacial score (nSPS) is 37.6. The molecule has 1 aliphatic carbocycles. The predicted octanol–water partition coefficient (Wildman–Crippen LogP) is 3.74. The van der Waals surface area contributed by atoms with E-state index in [-0.39, 0.29) is 24.4 Å². The fraction of sp³-hybridized carbons (Fsp3) is 0.667. The maximum absolute atomic E-state index is 11.7. The molecule has 0 N–H and O–H groups in total. The van der Waals surface area contributed by atoms with E-state index in [4.69, 9.17) is 0 Å². The van der Waals surface area contributed by atoms with Crippen molar-refractivity contribution in [1.82, 2.24) is 0 Å². The van der Waals surface area contributed by atoms with Gasteiger partial charge in [-0.15, -0.1) is 0 Å². The predicted molar refractivity (Wildman–Crippen MR) is 73.1 cm³/mol. The van der Waals surface area contributed by atoms with Crippen molar-refractivity contribution < 1.29 is 4.79 Å². The fourth-order valence-corrected chi connectivity index (χ4v) is 7.57. The topological polar surface area (TPSA) is 17.1 Å². The van der Waals surface area contributed by atoms with E-state index >= 15 is 0 Å². The molecule has 0 aromatic carbocycles. The van der Waals surface area contributed by atoms with E-state index in [2.05, 4.69) is 32.9 Å². The Balaban J connectivity index is 2.14. The summed E-state index contributed by atoms with van der Waals surface area (Å²) in [7, 11) is 0. The summed E-state index contributed by atoms with van der Waals surface area (Å²) in [5, 5.41) is 0. The Morgan fingerprint density at radius 2 is 2.29 bits per heavy atom. The van der Waals surface area contributed by atoms with Crippen LogP contribution >= 0.6 is 0 Å². The first kappa shape index (κ1) is 13.4. The average molecular weight is 346 g/mol. The van der Waals surface area contributed by atoms with Gasteiger partial charge in [0, 0.05) is 0 Å². The van der Waals surface area contributed by atoms with Crippen LogP contribution in [-0.4, -0.2) is 27.2 Å². The Bertz CT molecular complexity index is 369. The van der Waals surface area contributed by atoms with E-state index in [1.807, 2.05) is 0 Å². The quantitative estimate of drug-likeness (QED) is 0.432. The van der Waals surface area contributed by atoms with E-state index in [1.165, 1.54) is 31.1 Å². The van der Waals surface area contributed by atoms with Crippen LogP contribution in [0.5, 0.6) is 0 Å². The van der Waals surface area contributed by atoms with Crippen LogP contribution in [0.3, 0.4) is 0 Å². The Morgan fingerprint density at radius 3 is 2.76 bits per heavy atom. The first-order valence-corrected chi connectivity index (χ1v) is 8.91. The fourth-order valence-electron chi connectivity index (χ4n) is 2.98. The summed E-state index contributed by atoms with van der Waals surface area (Å²) >= 11 is -0.300. The van der Waals surface area contributed by atoms with Crippen LogP contribution in [0.2, 0.25) is 3.46 Å². The molecule has 0 aromatic rings. The molecule has 0 radical (unpaired) electrons. The van der Waals surface area contributed by atoms with E-state index < -0.39 is 0 Å². The zero-order chi connectivity index (χ0) is 12.5. The van der Waals surface area contributed by atoms with Gasteiger partial charge in [0.05, 0.1) is 0 Å². The standard InChI is InChI=1S/C15H22OTe/c1-11-12(2)15(10-16,17-13(11)3)9-14-7-5-4-6-8-14/h5,7,10,12,14H,4,6,8-9H2,1-3H3/t12-,14?,15?/m0/s1. The van der Waals surface area contributed by atoms with Crippen molar-refractivity contribution in [3.63, 3.8) is 0 Å². The summed E-state index contributed by atoms with van der Waals surface area (Å²) in [5.74, 6) is 1.14. The Hall–Kier alpha value is -0.0604. The van der Waals surface area contributed by atoms with Gasteiger partial charge in [0.25, 0.3) is 0 Å². The molecule has 0 fully saturated rings. The van der Waals surface area contributed by atoms with Crippen molar-refractivity contribution in [2.45, 2.75) is 49.9 Å². The van der Waals surface area contributed by atoms with E-state index in [0.29, 0.717) is 11.8 Å². The summed E-state index contributed by atoms with van der Waals surface area (Å²) in [5.41, 5.74) is 1.50. The van der Waals surface area contributed by atoms with Gasteiger partial charge in [-0.25, -0.2) is 0 Å². The van der Waals surface area contributed by atoms with Crippen LogP contribution in [0.4, 0.5) is 0 Å². The molecular weight excluding hydrogens is 324 g/mol. The van der Waals surface area contributed by atoms with Crippen molar-refractivity contribution in [2.24, 2.45) is 11.8 Å². The molecular formula is C15H22OTe. The molecule has 94 valence electrons. The Labute approximate surface area is 115 Å². The Kier molecular flexibility index (Phi) is 4.16. The molecule has 0 amide bonds. The van der Waals surface area contributed by atoms with Crippen LogP contribution in [0.15, 0.2) is 21.3 Å². The number of hydrogen-bond acceptors (Lipinski definition) is 1. The number of carbonyl (C=O) groups is 1. The molecule has 17 heavy (non-hydrogen) atoms. The summed E-state index contributed by atoms with van der Waals surface area (Å²) in [6.45, 7) is 6.74.